The summed E-state index contributed by atoms with van der Waals surface area (Å²) in [4.78, 5) is 4.38. The molecule has 1 heterocycles. The molecule has 0 unspecified atom stereocenters. The Hall–Kier alpha value is -1.39. The third-order valence-electron chi connectivity index (χ3n) is 7.14. The highest BCUT2D eigenvalue weighted by Gasteiger charge is 2.61. The number of benzene rings is 1. The average Bonchev–Trinajstić information content (AvgIpc) is 3.12. The van der Waals surface area contributed by atoms with Gasteiger partial charge in [-0.25, -0.2) is 4.98 Å². The van der Waals surface area contributed by atoms with E-state index in [9.17, 15) is 5.11 Å². The first kappa shape index (κ1) is 16.1. The number of nitrogens with zero attached hydrogens (tertiary/aromatic N) is 2. The van der Waals surface area contributed by atoms with Gasteiger partial charge in [-0.2, -0.15) is 0 Å². The van der Waals surface area contributed by atoms with E-state index in [-0.39, 0.29) is 11.5 Å². The summed E-state index contributed by atoms with van der Waals surface area (Å²) < 4.78 is 8.22. The van der Waals surface area contributed by atoms with Crippen molar-refractivity contribution >= 4 is 11.0 Å². The number of fused-ring (bicyclic) bond motifs is 3. The summed E-state index contributed by atoms with van der Waals surface area (Å²) in [5.74, 6) is 0.766. The maximum atomic E-state index is 10.5. The van der Waals surface area contributed by atoms with Crippen LogP contribution in [0.2, 0.25) is 0 Å². The maximum Gasteiger partial charge on any atom is 0.0959 e. The van der Waals surface area contributed by atoms with Crippen LogP contribution in [-0.4, -0.2) is 33.5 Å². The van der Waals surface area contributed by atoms with Crippen LogP contribution in [0.5, 0.6) is 0 Å². The van der Waals surface area contributed by atoms with Gasteiger partial charge in [0.25, 0.3) is 0 Å². The Morgan fingerprint density at radius 2 is 2.12 bits per heavy atom. The molecule has 0 spiro atoms. The number of ether oxygens (including phenoxy) is 1. The van der Waals surface area contributed by atoms with Gasteiger partial charge >= 0.3 is 0 Å². The van der Waals surface area contributed by atoms with E-state index in [4.69, 9.17) is 4.74 Å². The van der Waals surface area contributed by atoms with Gasteiger partial charge in [-0.3, -0.25) is 0 Å². The third kappa shape index (κ3) is 2.31. The quantitative estimate of drug-likeness (QED) is 0.912. The Kier molecular flexibility index (Phi) is 3.73. The van der Waals surface area contributed by atoms with E-state index in [0.29, 0.717) is 18.6 Å². The van der Waals surface area contributed by atoms with Crippen molar-refractivity contribution in [2.75, 3.05) is 6.61 Å². The van der Waals surface area contributed by atoms with E-state index in [1.807, 2.05) is 28.8 Å². The van der Waals surface area contributed by atoms with Crippen molar-refractivity contribution in [3.8, 4) is 0 Å². The highest BCUT2D eigenvalue weighted by molar-refractivity contribution is 5.74. The number of aliphatic hydroxyl groups excluding tert-OH is 1. The summed E-state index contributed by atoms with van der Waals surface area (Å²) in [5, 5.41) is 10.5. The molecule has 2 saturated carbocycles. The zero-order valence-electron chi connectivity index (χ0n) is 14.9. The smallest absolute Gasteiger partial charge is 0.0959 e. The van der Waals surface area contributed by atoms with Crippen molar-refractivity contribution in [3.05, 3.63) is 30.6 Å². The maximum absolute atomic E-state index is 10.5. The average molecular weight is 328 g/mol. The normalized spacial score (nSPS) is 32.5. The van der Waals surface area contributed by atoms with Crippen LogP contribution in [0.1, 0.15) is 40.0 Å². The molecule has 0 aliphatic heterocycles. The lowest BCUT2D eigenvalue weighted by molar-refractivity contribution is -0.0771. The lowest BCUT2D eigenvalue weighted by Crippen LogP contribution is -2.38. The molecular formula is C20H28N2O2. The molecule has 4 nitrogen and oxygen atoms in total. The van der Waals surface area contributed by atoms with E-state index in [1.165, 1.54) is 12.8 Å². The second-order valence-electron chi connectivity index (χ2n) is 8.47. The van der Waals surface area contributed by atoms with Gasteiger partial charge in [0.2, 0.25) is 0 Å². The number of rotatable bonds is 5. The number of hydrogen-bond donors (Lipinski definition) is 1. The SMILES string of the molecule is CC1(C)[C@H]2CC[C@@]1(C)[C@@H](OC[C@@H](O)Cn1cnc3ccccc31)C2. The molecular weight excluding hydrogens is 300 g/mol. The molecule has 0 amide bonds. The first-order chi connectivity index (χ1) is 11.4. The van der Waals surface area contributed by atoms with E-state index >= 15 is 0 Å². The van der Waals surface area contributed by atoms with Crippen molar-refractivity contribution < 1.29 is 9.84 Å². The summed E-state index contributed by atoms with van der Waals surface area (Å²) >= 11 is 0. The Labute approximate surface area is 143 Å². The molecule has 4 heteroatoms. The van der Waals surface area contributed by atoms with Gasteiger partial charge in [0, 0.05) is 0 Å². The molecule has 2 aliphatic rings. The molecule has 2 aromatic rings. The van der Waals surface area contributed by atoms with E-state index in [2.05, 4.69) is 25.8 Å². The number of hydrogen-bond acceptors (Lipinski definition) is 3. The Balaban J connectivity index is 1.39. The van der Waals surface area contributed by atoms with Gasteiger partial charge in [0.1, 0.15) is 0 Å². The van der Waals surface area contributed by atoms with Crippen molar-refractivity contribution in [1.29, 1.82) is 0 Å². The van der Waals surface area contributed by atoms with Gasteiger partial charge in [-0.1, -0.05) is 32.9 Å². The molecule has 4 rings (SSSR count). The first-order valence-corrected chi connectivity index (χ1v) is 9.11. The second kappa shape index (κ2) is 5.57. The first-order valence-electron chi connectivity index (χ1n) is 9.11. The number of imidazole rings is 1. The van der Waals surface area contributed by atoms with Crippen molar-refractivity contribution in [3.63, 3.8) is 0 Å². The molecule has 0 radical (unpaired) electrons. The van der Waals surface area contributed by atoms with Crippen LogP contribution in [0.25, 0.3) is 11.0 Å². The van der Waals surface area contributed by atoms with Gasteiger partial charge in [-0.15, -0.1) is 0 Å². The Morgan fingerprint density at radius 3 is 2.83 bits per heavy atom. The molecule has 130 valence electrons. The fraction of sp³-hybridized carbons (Fsp3) is 0.650. The van der Waals surface area contributed by atoms with Crippen LogP contribution in [0.15, 0.2) is 30.6 Å². The van der Waals surface area contributed by atoms with Crippen LogP contribution in [0.4, 0.5) is 0 Å². The summed E-state index contributed by atoms with van der Waals surface area (Å²) in [6, 6.07) is 8.01. The van der Waals surface area contributed by atoms with E-state index in [0.717, 1.165) is 23.4 Å². The number of aliphatic hydroxyl groups is 1. The van der Waals surface area contributed by atoms with Gasteiger partial charge < -0.3 is 14.4 Å². The van der Waals surface area contributed by atoms with Gasteiger partial charge in [0.15, 0.2) is 0 Å². The predicted octanol–water partition coefficient (Wildman–Crippen LogP) is 3.63. The molecule has 0 saturated heterocycles. The molecule has 2 fully saturated rings. The van der Waals surface area contributed by atoms with Crippen molar-refractivity contribution in [1.82, 2.24) is 9.55 Å². The molecule has 1 aromatic carbocycles. The summed E-state index contributed by atoms with van der Waals surface area (Å²) in [6.45, 7) is 8.08. The standard InChI is InChI=1S/C20H28N2O2/c1-19(2)14-8-9-20(19,3)18(10-14)24-12-15(23)11-22-13-21-16-6-4-5-7-17(16)22/h4-7,13-15,18,23H,8-12H2,1-3H3/t14-,15-,18-,20-/m0/s1. The molecule has 2 bridgehead atoms. The minimum atomic E-state index is -0.506. The second-order valence-corrected chi connectivity index (χ2v) is 8.47. The van der Waals surface area contributed by atoms with Crippen molar-refractivity contribution in [2.24, 2.45) is 16.7 Å². The van der Waals surface area contributed by atoms with Crippen LogP contribution in [-0.2, 0) is 11.3 Å². The fourth-order valence-electron chi connectivity index (χ4n) is 5.05. The zero-order valence-corrected chi connectivity index (χ0v) is 14.9. The molecule has 1 N–H and O–H groups in total. The van der Waals surface area contributed by atoms with Gasteiger partial charge in [0.05, 0.1) is 42.7 Å². The largest absolute Gasteiger partial charge is 0.389 e. The van der Waals surface area contributed by atoms with E-state index < -0.39 is 6.10 Å². The van der Waals surface area contributed by atoms with Crippen LogP contribution in [0, 0.1) is 16.7 Å². The highest BCUT2D eigenvalue weighted by atomic mass is 16.5. The number of para-hydroxylation sites is 2. The molecule has 1 aromatic heterocycles. The highest BCUT2D eigenvalue weighted by Crippen LogP contribution is 2.66. The minimum Gasteiger partial charge on any atom is -0.389 e. The fourth-order valence-corrected chi connectivity index (χ4v) is 5.05. The Morgan fingerprint density at radius 1 is 1.33 bits per heavy atom. The predicted molar refractivity (Wildman–Crippen MR) is 94.7 cm³/mol. The molecule has 4 atom stereocenters. The summed E-state index contributed by atoms with van der Waals surface area (Å²) in [5.41, 5.74) is 2.62. The summed E-state index contributed by atoms with van der Waals surface area (Å²) in [6.07, 6.45) is 5.29. The van der Waals surface area contributed by atoms with E-state index in [1.54, 1.807) is 6.33 Å². The number of aromatic nitrogens is 2. The van der Waals surface area contributed by atoms with Crippen LogP contribution >= 0.6 is 0 Å². The zero-order chi connectivity index (χ0) is 16.9. The third-order valence-corrected chi connectivity index (χ3v) is 7.14. The Bertz CT molecular complexity index is 738. The monoisotopic (exact) mass is 328 g/mol. The lowest BCUT2D eigenvalue weighted by Gasteiger charge is -2.39. The van der Waals surface area contributed by atoms with Crippen LogP contribution < -0.4 is 0 Å². The topological polar surface area (TPSA) is 47.3 Å². The molecule has 24 heavy (non-hydrogen) atoms. The van der Waals surface area contributed by atoms with Crippen molar-refractivity contribution in [2.45, 2.75) is 58.8 Å². The van der Waals surface area contributed by atoms with Crippen LogP contribution in [0.3, 0.4) is 0 Å². The molecule has 2 aliphatic carbocycles. The lowest BCUT2D eigenvalue weighted by atomic mass is 9.70. The van der Waals surface area contributed by atoms with Gasteiger partial charge in [-0.05, 0) is 48.1 Å². The minimum absolute atomic E-state index is 0.249. The summed E-state index contributed by atoms with van der Waals surface area (Å²) in [7, 11) is 0.